The third kappa shape index (κ3) is 4.02. The summed E-state index contributed by atoms with van der Waals surface area (Å²) in [7, 11) is -3.10. The highest BCUT2D eigenvalue weighted by Crippen LogP contribution is 2.19. The molecule has 102 valence electrons. The fourth-order valence-electron chi connectivity index (χ4n) is 2.17. The summed E-state index contributed by atoms with van der Waals surface area (Å²) in [6.45, 7) is 6.56. The zero-order valence-corrected chi connectivity index (χ0v) is 12.4. The number of nitrogens with one attached hydrogen (secondary N) is 1. The molecule has 0 heterocycles. The standard InChI is InChI=1S/C14H23NO2S/c1-5-12(6-2)11(3)15-13-7-9-14(10-8-13)18(4,16)17/h7-12,15H,5-6H2,1-4H3. The maximum absolute atomic E-state index is 11.3. The quantitative estimate of drug-likeness (QED) is 0.861. The minimum atomic E-state index is -3.10. The summed E-state index contributed by atoms with van der Waals surface area (Å²) in [4.78, 5) is 0.364. The van der Waals surface area contributed by atoms with Gasteiger partial charge >= 0.3 is 0 Å². The van der Waals surface area contributed by atoms with Crippen molar-refractivity contribution in [3.8, 4) is 0 Å². The predicted molar refractivity (Wildman–Crippen MR) is 76.7 cm³/mol. The zero-order valence-electron chi connectivity index (χ0n) is 11.6. The summed E-state index contributed by atoms with van der Waals surface area (Å²) >= 11 is 0. The Hall–Kier alpha value is -1.03. The summed E-state index contributed by atoms with van der Waals surface area (Å²) in [6, 6.07) is 7.35. The van der Waals surface area contributed by atoms with Gasteiger partial charge in [0.15, 0.2) is 9.84 Å². The Morgan fingerprint density at radius 1 is 1.11 bits per heavy atom. The summed E-state index contributed by atoms with van der Waals surface area (Å²) in [6.07, 6.45) is 3.51. The number of hydrogen-bond donors (Lipinski definition) is 1. The van der Waals surface area contributed by atoms with E-state index in [4.69, 9.17) is 0 Å². The molecule has 0 aliphatic rings. The number of anilines is 1. The molecule has 0 bridgehead atoms. The molecular formula is C14H23NO2S. The van der Waals surface area contributed by atoms with Crippen LogP contribution in [0.4, 0.5) is 5.69 Å². The molecule has 0 saturated carbocycles. The van der Waals surface area contributed by atoms with Crippen LogP contribution >= 0.6 is 0 Å². The molecule has 4 heteroatoms. The van der Waals surface area contributed by atoms with Crippen LogP contribution in [0.1, 0.15) is 33.6 Å². The fraction of sp³-hybridized carbons (Fsp3) is 0.571. The van der Waals surface area contributed by atoms with Crippen LogP contribution in [0.2, 0.25) is 0 Å². The third-order valence-electron chi connectivity index (χ3n) is 3.43. The van der Waals surface area contributed by atoms with Crippen LogP contribution in [0.5, 0.6) is 0 Å². The van der Waals surface area contributed by atoms with Crippen LogP contribution in [-0.2, 0) is 9.84 Å². The number of benzene rings is 1. The minimum Gasteiger partial charge on any atom is -0.382 e. The second-order valence-corrected chi connectivity index (χ2v) is 6.82. The lowest BCUT2D eigenvalue weighted by Gasteiger charge is -2.23. The van der Waals surface area contributed by atoms with Crippen LogP contribution < -0.4 is 5.32 Å². The van der Waals surface area contributed by atoms with Gasteiger partial charge in [-0.25, -0.2) is 8.42 Å². The van der Waals surface area contributed by atoms with E-state index in [1.807, 2.05) is 12.1 Å². The molecule has 0 spiro atoms. The van der Waals surface area contributed by atoms with E-state index in [0.717, 1.165) is 18.5 Å². The van der Waals surface area contributed by atoms with Crippen molar-refractivity contribution in [3.63, 3.8) is 0 Å². The molecule has 1 aromatic carbocycles. The molecule has 0 radical (unpaired) electrons. The van der Waals surface area contributed by atoms with Crippen LogP contribution in [0.25, 0.3) is 0 Å². The summed E-state index contributed by atoms with van der Waals surface area (Å²) in [5, 5.41) is 3.43. The van der Waals surface area contributed by atoms with Gasteiger partial charge in [0.05, 0.1) is 4.90 Å². The second kappa shape index (κ2) is 6.23. The average molecular weight is 269 g/mol. The minimum absolute atomic E-state index is 0.364. The third-order valence-corrected chi connectivity index (χ3v) is 4.56. The lowest BCUT2D eigenvalue weighted by molar-refractivity contribution is 0.438. The van der Waals surface area contributed by atoms with Crippen molar-refractivity contribution in [1.82, 2.24) is 0 Å². The van der Waals surface area contributed by atoms with Crippen molar-refractivity contribution in [3.05, 3.63) is 24.3 Å². The number of hydrogen-bond acceptors (Lipinski definition) is 3. The molecule has 1 atom stereocenters. The SMILES string of the molecule is CCC(CC)C(C)Nc1ccc(S(C)(=O)=O)cc1. The van der Waals surface area contributed by atoms with Crippen molar-refractivity contribution in [2.75, 3.05) is 11.6 Å². The monoisotopic (exact) mass is 269 g/mol. The average Bonchev–Trinajstić information content (AvgIpc) is 2.30. The summed E-state index contributed by atoms with van der Waals surface area (Å²) in [5.41, 5.74) is 0.974. The molecule has 0 aromatic heterocycles. The van der Waals surface area contributed by atoms with Gasteiger partial charge in [0, 0.05) is 18.0 Å². The predicted octanol–water partition coefficient (Wildman–Crippen LogP) is 3.33. The molecule has 0 aliphatic carbocycles. The maximum Gasteiger partial charge on any atom is 0.175 e. The second-order valence-electron chi connectivity index (χ2n) is 4.81. The lowest BCUT2D eigenvalue weighted by Crippen LogP contribution is -2.24. The lowest BCUT2D eigenvalue weighted by atomic mass is 9.95. The maximum atomic E-state index is 11.3. The van der Waals surface area contributed by atoms with E-state index in [-0.39, 0.29) is 0 Å². The first kappa shape index (κ1) is 15.0. The van der Waals surface area contributed by atoms with Gasteiger partial charge in [-0.15, -0.1) is 0 Å². The summed E-state index contributed by atoms with van der Waals surface area (Å²) in [5.74, 6) is 0.639. The number of sulfone groups is 1. The zero-order chi connectivity index (χ0) is 13.8. The Balaban J connectivity index is 2.75. The smallest absolute Gasteiger partial charge is 0.175 e. The van der Waals surface area contributed by atoms with Gasteiger partial charge in [0.2, 0.25) is 0 Å². The molecule has 18 heavy (non-hydrogen) atoms. The van der Waals surface area contributed by atoms with Gasteiger partial charge < -0.3 is 5.32 Å². The largest absolute Gasteiger partial charge is 0.382 e. The highest BCUT2D eigenvalue weighted by atomic mass is 32.2. The molecule has 1 rings (SSSR count). The summed E-state index contributed by atoms with van der Waals surface area (Å²) < 4.78 is 22.7. The van der Waals surface area contributed by atoms with Gasteiger partial charge in [0.25, 0.3) is 0 Å². The van der Waals surface area contributed by atoms with E-state index in [2.05, 4.69) is 26.1 Å². The highest BCUT2D eigenvalue weighted by molar-refractivity contribution is 7.90. The first-order valence-electron chi connectivity index (χ1n) is 6.45. The van der Waals surface area contributed by atoms with Crippen molar-refractivity contribution in [2.45, 2.75) is 44.6 Å². The molecule has 0 saturated heterocycles. The van der Waals surface area contributed by atoms with Crippen LogP contribution in [-0.4, -0.2) is 20.7 Å². The molecule has 0 fully saturated rings. The van der Waals surface area contributed by atoms with Crippen LogP contribution in [0.15, 0.2) is 29.2 Å². The van der Waals surface area contributed by atoms with Crippen molar-refractivity contribution in [2.24, 2.45) is 5.92 Å². The Bertz CT molecular complexity index is 461. The van der Waals surface area contributed by atoms with Gasteiger partial charge in [-0.05, 0) is 37.1 Å². The number of rotatable bonds is 6. The van der Waals surface area contributed by atoms with E-state index in [1.165, 1.54) is 6.26 Å². The normalized spacial score (nSPS) is 13.6. The van der Waals surface area contributed by atoms with Gasteiger partial charge in [-0.1, -0.05) is 26.7 Å². The van der Waals surface area contributed by atoms with Crippen molar-refractivity contribution >= 4 is 15.5 Å². The van der Waals surface area contributed by atoms with E-state index >= 15 is 0 Å². The van der Waals surface area contributed by atoms with Crippen LogP contribution in [0.3, 0.4) is 0 Å². The topological polar surface area (TPSA) is 46.2 Å². The van der Waals surface area contributed by atoms with E-state index in [1.54, 1.807) is 12.1 Å². The molecule has 1 N–H and O–H groups in total. The Morgan fingerprint density at radius 2 is 1.61 bits per heavy atom. The molecule has 0 aliphatic heterocycles. The van der Waals surface area contributed by atoms with Gasteiger partial charge in [-0.3, -0.25) is 0 Å². The van der Waals surface area contributed by atoms with E-state index in [0.29, 0.717) is 16.9 Å². The molecule has 0 amide bonds. The Labute approximate surface area is 111 Å². The van der Waals surface area contributed by atoms with Crippen LogP contribution in [0, 0.1) is 5.92 Å². The highest BCUT2D eigenvalue weighted by Gasteiger charge is 2.13. The Morgan fingerprint density at radius 3 is 2.00 bits per heavy atom. The first-order chi connectivity index (χ1) is 8.38. The first-order valence-corrected chi connectivity index (χ1v) is 8.34. The van der Waals surface area contributed by atoms with Crippen molar-refractivity contribution in [1.29, 1.82) is 0 Å². The molecule has 1 unspecified atom stereocenters. The molecule has 3 nitrogen and oxygen atoms in total. The Kier molecular flexibility index (Phi) is 5.20. The molecule has 1 aromatic rings. The molecular weight excluding hydrogens is 246 g/mol. The van der Waals surface area contributed by atoms with Gasteiger partial charge in [0.1, 0.15) is 0 Å². The fourth-order valence-corrected chi connectivity index (χ4v) is 2.81. The van der Waals surface area contributed by atoms with Crippen molar-refractivity contribution < 1.29 is 8.42 Å². The van der Waals surface area contributed by atoms with Gasteiger partial charge in [-0.2, -0.15) is 0 Å². The van der Waals surface area contributed by atoms with E-state index < -0.39 is 9.84 Å². The van der Waals surface area contributed by atoms with E-state index in [9.17, 15) is 8.42 Å².